The van der Waals surface area contributed by atoms with Crippen LogP contribution in [-0.2, 0) is 0 Å². The normalized spacial score (nSPS) is 14.6. The summed E-state index contributed by atoms with van der Waals surface area (Å²) in [5.74, 6) is 1.16. The van der Waals surface area contributed by atoms with Gasteiger partial charge in [-0.2, -0.15) is 0 Å². The minimum atomic E-state index is 0.0448. The van der Waals surface area contributed by atoms with E-state index in [0.717, 1.165) is 18.4 Å². The zero-order valence-electron chi connectivity index (χ0n) is 10.2. The minimum absolute atomic E-state index is 0.0448. The van der Waals surface area contributed by atoms with E-state index in [1.807, 2.05) is 18.2 Å². The van der Waals surface area contributed by atoms with E-state index in [2.05, 4.69) is 13.8 Å². The molecule has 2 N–H and O–H groups in total. The van der Waals surface area contributed by atoms with Gasteiger partial charge in [0, 0.05) is 6.04 Å². The largest absolute Gasteiger partial charge is 0.495 e. The predicted octanol–water partition coefficient (Wildman–Crippen LogP) is 3.78. The highest BCUT2D eigenvalue weighted by molar-refractivity contribution is 6.32. The summed E-state index contributed by atoms with van der Waals surface area (Å²) in [6.07, 6.45) is 2.28. The fourth-order valence-corrected chi connectivity index (χ4v) is 2.12. The zero-order chi connectivity index (χ0) is 12.1. The molecule has 1 aromatic rings. The van der Waals surface area contributed by atoms with Crippen LogP contribution in [0.5, 0.6) is 5.75 Å². The van der Waals surface area contributed by atoms with Crippen LogP contribution in [0.2, 0.25) is 5.02 Å². The van der Waals surface area contributed by atoms with Crippen LogP contribution in [0.1, 0.15) is 38.3 Å². The molecular weight excluding hydrogens is 222 g/mol. The van der Waals surface area contributed by atoms with E-state index in [0.29, 0.717) is 16.7 Å². The highest BCUT2D eigenvalue weighted by Crippen LogP contribution is 2.30. The molecule has 0 aliphatic rings. The van der Waals surface area contributed by atoms with Crippen molar-refractivity contribution in [1.82, 2.24) is 0 Å². The fraction of sp³-hybridized carbons (Fsp3) is 0.538. The molecule has 0 saturated heterocycles. The lowest BCUT2D eigenvalue weighted by atomic mass is 9.92. The standard InChI is InChI=1S/C13H20ClNO/c1-4-5-9(2)13(15)10-6-7-12(16-3)11(14)8-10/h6-9,13H,4-5,15H2,1-3H3. The summed E-state index contributed by atoms with van der Waals surface area (Å²) in [5, 5.41) is 0.624. The summed E-state index contributed by atoms with van der Waals surface area (Å²) in [6.45, 7) is 4.34. The van der Waals surface area contributed by atoms with Gasteiger partial charge in [0.2, 0.25) is 0 Å². The Morgan fingerprint density at radius 3 is 2.62 bits per heavy atom. The van der Waals surface area contributed by atoms with Gasteiger partial charge in [0.15, 0.2) is 0 Å². The Balaban J connectivity index is 2.84. The van der Waals surface area contributed by atoms with Crippen molar-refractivity contribution in [3.63, 3.8) is 0 Å². The van der Waals surface area contributed by atoms with Crippen molar-refractivity contribution >= 4 is 11.6 Å². The Morgan fingerprint density at radius 1 is 1.44 bits per heavy atom. The molecule has 0 aliphatic carbocycles. The first-order valence-corrected chi connectivity index (χ1v) is 6.07. The smallest absolute Gasteiger partial charge is 0.137 e. The average Bonchev–Trinajstić information content (AvgIpc) is 2.28. The average molecular weight is 242 g/mol. The number of benzene rings is 1. The number of rotatable bonds is 5. The lowest BCUT2D eigenvalue weighted by Gasteiger charge is -2.20. The fourth-order valence-electron chi connectivity index (χ4n) is 1.85. The van der Waals surface area contributed by atoms with Crippen LogP contribution in [0.3, 0.4) is 0 Å². The van der Waals surface area contributed by atoms with E-state index in [1.54, 1.807) is 7.11 Å². The van der Waals surface area contributed by atoms with Crippen molar-refractivity contribution in [3.05, 3.63) is 28.8 Å². The molecule has 0 spiro atoms. The summed E-state index contributed by atoms with van der Waals surface area (Å²) in [6, 6.07) is 5.80. The van der Waals surface area contributed by atoms with Gasteiger partial charge in [-0.25, -0.2) is 0 Å². The zero-order valence-corrected chi connectivity index (χ0v) is 10.9. The number of nitrogens with two attached hydrogens (primary N) is 1. The molecule has 2 nitrogen and oxygen atoms in total. The third kappa shape index (κ3) is 3.13. The highest BCUT2D eigenvalue weighted by atomic mass is 35.5. The summed E-state index contributed by atoms with van der Waals surface area (Å²) >= 11 is 6.07. The van der Waals surface area contributed by atoms with Gasteiger partial charge in [-0.05, 0) is 30.0 Å². The summed E-state index contributed by atoms with van der Waals surface area (Å²) in [7, 11) is 1.61. The van der Waals surface area contributed by atoms with Crippen LogP contribution in [0.4, 0.5) is 0 Å². The van der Waals surface area contributed by atoms with Crippen LogP contribution < -0.4 is 10.5 Å². The van der Waals surface area contributed by atoms with E-state index in [-0.39, 0.29) is 6.04 Å². The number of hydrogen-bond acceptors (Lipinski definition) is 2. The van der Waals surface area contributed by atoms with Gasteiger partial charge in [-0.1, -0.05) is 37.9 Å². The van der Waals surface area contributed by atoms with Crippen LogP contribution in [0.15, 0.2) is 18.2 Å². The van der Waals surface area contributed by atoms with Crippen molar-refractivity contribution in [2.45, 2.75) is 32.7 Å². The van der Waals surface area contributed by atoms with E-state index in [9.17, 15) is 0 Å². The quantitative estimate of drug-likeness (QED) is 0.852. The summed E-state index contributed by atoms with van der Waals surface area (Å²) in [4.78, 5) is 0. The first-order valence-electron chi connectivity index (χ1n) is 5.69. The summed E-state index contributed by atoms with van der Waals surface area (Å²) < 4.78 is 5.11. The molecule has 0 fully saturated rings. The molecule has 0 aromatic heterocycles. The highest BCUT2D eigenvalue weighted by Gasteiger charge is 2.15. The Morgan fingerprint density at radius 2 is 2.12 bits per heavy atom. The lowest BCUT2D eigenvalue weighted by molar-refractivity contribution is 0.412. The van der Waals surface area contributed by atoms with E-state index in [4.69, 9.17) is 22.1 Å². The van der Waals surface area contributed by atoms with Gasteiger partial charge in [-0.3, -0.25) is 0 Å². The monoisotopic (exact) mass is 241 g/mol. The van der Waals surface area contributed by atoms with E-state index < -0.39 is 0 Å². The molecule has 0 aliphatic heterocycles. The first-order chi connectivity index (χ1) is 7.60. The van der Waals surface area contributed by atoms with Gasteiger partial charge in [0.1, 0.15) is 5.75 Å². The van der Waals surface area contributed by atoms with Crippen LogP contribution in [0.25, 0.3) is 0 Å². The van der Waals surface area contributed by atoms with Gasteiger partial charge in [0.05, 0.1) is 12.1 Å². The Kier molecular flexibility index (Phi) is 5.10. The molecule has 2 atom stereocenters. The van der Waals surface area contributed by atoms with Crippen molar-refractivity contribution in [2.75, 3.05) is 7.11 Å². The third-order valence-electron chi connectivity index (χ3n) is 2.92. The molecule has 0 bridgehead atoms. The molecule has 0 saturated carbocycles. The Hall–Kier alpha value is -0.730. The molecule has 90 valence electrons. The van der Waals surface area contributed by atoms with Gasteiger partial charge in [0.25, 0.3) is 0 Å². The van der Waals surface area contributed by atoms with Gasteiger partial charge in [-0.15, -0.1) is 0 Å². The molecule has 3 heteroatoms. The van der Waals surface area contributed by atoms with Crippen molar-refractivity contribution in [1.29, 1.82) is 0 Å². The maximum absolute atomic E-state index is 6.19. The van der Waals surface area contributed by atoms with Crippen molar-refractivity contribution in [3.8, 4) is 5.75 Å². The maximum atomic E-state index is 6.19. The van der Waals surface area contributed by atoms with Crippen LogP contribution in [-0.4, -0.2) is 7.11 Å². The van der Waals surface area contributed by atoms with E-state index in [1.165, 1.54) is 0 Å². The molecular formula is C13H20ClNO. The molecule has 1 rings (SSSR count). The Labute approximate surface area is 103 Å². The molecule has 0 heterocycles. The third-order valence-corrected chi connectivity index (χ3v) is 3.21. The van der Waals surface area contributed by atoms with Crippen molar-refractivity contribution < 1.29 is 4.74 Å². The second kappa shape index (κ2) is 6.12. The molecule has 2 unspecified atom stereocenters. The van der Waals surface area contributed by atoms with Gasteiger partial charge < -0.3 is 10.5 Å². The first kappa shape index (κ1) is 13.3. The van der Waals surface area contributed by atoms with Gasteiger partial charge >= 0.3 is 0 Å². The van der Waals surface area contributed by atoms with Crippen molar-refractivity contribution in [2.24, 2.45) is 11.7 Å². The van der Waals surface area contributed by atoms with Crippen LogP contribution in [0, 0.1) is 5.92 Å². The molecule has 0 radical (unpaired) electrons. The Bertz CT molecular complexity index is 341. The van der Waals surface area contributed by atoms with E-state index >= 15 is 0 Å². The predicted molar refractivity (Wildman–Crippen MR) is 69.0 cm³/mol. The number of hydrogen-bond donors (Lipinski definition) is 1. The molecule has 0 amide bonds. The maximum Gasteiger partial charge on any atom is 0.137 e. The topological polar surface area (TPSA) is 35.2 Å². The lowest BCUT2D eigenvalue weighted by Crippen LogP contribution is -2.18. The minimum Gasteiger partial charge on any atom is -0.495 e. The number of methoxy groups -OCH3 is 1. The summed E-state index contributed by atoms with van der Waals surface area (Å²) in [5.41, 5.74) is 7.26. The molecule has 16 heavy (non-hydrogen) atoms. The second-order valence-corrected chi connectivity index (χ2v) is 4.59. The second-order valence-electron chi connectivity index (χ2n) is 4.19. The SMILES string of the molecule is CCCC(C)C(N)c1ccc(OC)c(Cl)c1. The number of ether oxygens (including phenoxy) is 1. The van der Waals surface area contributed by atoms with Crippen LogP contribution >= 0.6 is 11.6 Å². The number of halogens is 1. The molecule has 1 aromatic carbocycles.